The smallest absolute Gasteiger partial charge is 0.352 e. The summed E-state index contributed by atoms with van der Waals surface area (Å²) < 4.78 is 0.770. The van der Waals surface area contributed by atoms with Crippen LogP contribution in [-0.2, 0) is 16.0 Å². The quantitative estimate of drug-likeness (QED) is 0.323. The van der Waals surface area contributed by atoms with Gasteiger partial charge in [0.05, 0.1) is 5.69 Å². The maximum Gasteiger partial charge on any atom is 0.352 e. The minimum atomic E-state index is -1.09. The molecule has 0 aliphatic carbocycles. The highest BCUT2D eigenvalue weighted by Crippen LogP contribution is 2.42. The number of imidazole rings is 1. The third-order valence-electron chi connectivity index (χ3n) is 4.24. The van der Waals surface area contributed by atoms with Crippen LogP contribution in [0.5, 0.6) is 0 Å². The van der Waals surface area contributed by atoms with Crippen LogP contribution in [0.4, 0.5) is 5.95 Å². The molecular weight excluding hydrogens is 420 g/mol. The first-order chi connectivity index (χ1) is 13.6. The van der Waals surface area contributed by atoms with Crippen LogP contribution >= 0.6 is 34.9 Å². The Balaban J connectivity index is 1.48. The number of allylic oxidation sites excluding steroid dienone is 1. The molecule has 2 aromatic rings. The summed E-state index contributed by atoms with van der Waals surface area (Å²) in [5, 5.41) is 20.2. The van der Waals surface area contributed by atoms with Crippen molar-refractivity contribution in [3.63, 3.8) is 0 Å². The molecule has 1 unspecified atom stereocenters. The third-order valence-corrected chi connectivity index (χ3v) is 7.52. The van der Waals surface area contributed by atoms with Gasteiger partial charge in [0.2, 0.25) is 5.95 Å². The third kappa shape index (κ3) is 3.54. The van der Waals surface area contributed by atoms with E-state index in [2.05, 4.69) is 32.1 Å². The Kier molecular flexibility index (Phi) is 5.42. The van der Waals surface area contributed by atoms with E-state index in [-0.39, 0.29) is 17.0 Å². The number of aromatic nitrogens is 4. The lowest BCUT2D eigenvalue weighted by Gasteiger charge is -2.49. The van der Waals surface area contributed by atoms with Gasteiger partial charge in [0.1, 0.15) is 22.6 Å². The van der Waals surface area contributed by atoms with Gasteiger partial charge in [-0.05, 0) is 5.57 Å². The Morgan fingerprint density at radius 3 is 3.14 bits per heavy atom. The van der Waals surface area contributed by atoms with E-state index in [1.54, 1.807) is 29.5 Å². The van der Waals surface area contributed by atoms with Crippen molar-refractivity contribution in [2.24, 2.45) is 0 Å². The van der Waals surface area contributed by atoms with Gasteiger partial charge in [-0.2, -0.15) is 0 Å². The van der Waals surface area contributed by atoms with Crippen molar-refractivity contribution in [2.75, 3.05) is 16.8 Å². The number of aliphatic carboxylic acids is 1. The Labute approximate surface area is 172 Å². The first-order valence-electron chi connectivity index (χ1n) is 8.29. The number of fused-ring (bicyclic) bond motifs is 1. The van der Waals surface area contributed by atoms with Crippen LogP contribution in [-0.4, -0.2) is 65.0 Å². The number of rotatable bonds is 8. The zero-order chi connectivity index (χ0) is 19.7. The lowest BCUT2D eigenvalue weighted by molar-refractivity contribution is -0.147. The fourth-order valence-electron chi connectivity index (χ4n) is 3.00. The number of carboxylic acid groups (broad SMARTS) is 1. The second-order valence-corrected chi connectivity index (χ2v) is 9.18. The maximum atomic E-state index is 12.7. The van der Waals surface area contributed by atoms with Crippen LogP contribution < -0.4 is 5.32 Å². The molecule has 1 amide bonds. The van der Waals surface area contributed by atoms with Crippen molar-refractivity contribution in [2.45, 2.75) is 22.2 Å². The fraction of sp³-hybridized carbons (Fsp3) is 0.312. The number of thioether (sulfide) groups is 2. The Morgan fingerprint density at radius 1 is 1.57 bits per heavy atom. The number of nitrogens with one attached hydrogen (secondary N) is 2. The highest BCUT2D eigenvalue weighted by molar-refractivity contribution is 8.01. The molecule has 1 fully saturated rings. The normalized spacial score (nSPS) is 21.3. The summed E-state index contributed by atoms with van der Waals surface area (Å²) in [6.07, 6.45) is 4.13. The fourth-order valence-corrected chi connectivity index (χ4v) is 5.98. The molecule has 2 aliphatic heterocycles. The van der Waals surface area contributed by atoms with Gasteiger partial charge in [-0.3, -0.25) is 9.69 Å². The molecule has 9 nitrogen and oxygen atoms in total. The minimum absolute atomic E-state index is 0.0793. The van der Waals surface area contributed by atoms with E-state index in [1.165, 1.54) is 28.0 Å². The number of aromatic amines is 1. The largest absolute Gasteiger partial charge is 0.477 e. The number of carboxylic acids is 1. The van der Waals surface area contributed by atoms with E-state index in [4.69, 9.17) is 0 Å². The van der Waals surface area contributed by atoms with Crippen molar-refractivity contribution in [1.29, 1.82) is 0 Å². The average molecular weight is 437 g/mol. The summed E-state index contributed by atoms with van der Waals surface area (Å²) in [5.41, 5.74) is 3.24. The number of carbonyl (C=O) groups excluding carboxylic acids is 1. The summed E-state index contributed by atoms with van der Waals surface area (Å²) >= 11 is 4.37. The van der Waals surface area contributed by atoms with E-state index in [9.17, 15) is 14.7 Å². The first-order valence-corrected chi connectivity index (χ1v) is 11.2. The predicted octanol–water partition coefficient (Wildman–Crippen LogP) is 1.82. The second kappa shape index (κ2) is 7.97. The van der Waals surface area contributed by atoms with E-state index < -0.39 is 12.0 Å². The summed E-state index contributed by atoms with van der Waals surface area (Å²) in [6.45, 7) is 3.68. The van der Waals surface area contributed by atoms with Gasteiger partial charge in [0, 0.05) is 24.1 Å². The second-order valence-electron chi connectivity index (χ2n) is 6.02. The number of H-pyrrole nitrogens is 1. The van der Waals surface area contributed by atoms with Gasteiger partial charge in [-0.25, -0.2) is 9.78 Å². The molecule has 0 saturated carbocycles. The van der Waals surface area contributed by atoms with Crippen molar-refractivity contribution in [3.8, 4) is 0 Å². The molecule has 0 radical (unpaired) electrons. The Bertz CT molecular complexity index is 941. The van der Waals surface area contributed by atoms with E-state index in [1.807, 2.05) is 0 Å². The molecule has 2 aromatic heterocycles. The molecule has 0 bridgehead atoms. The van der Waals surface area contributed by atoms with Gasteiger partial charge >= 0.3 is 5.97 Å². The number of β-lactam (4-membered cyclic amide) rings is 1. The van der Waals surface area contributed by atoms with Gasteiger partial charge in [0.25, 0.3) is 5.91 Å². The van der Waals surface area contributed by atoms with Crippen LogP contribution in [0, 0.1) is 0 Å². The van der Waals surface area contributed by atoms with Crippen molar-refractivity contribution >= 4 is 52.7 Å². The first kappa shape index (κ1) is 19.0. The molecule has 0 aromatic carbocycles. The van der Waals surface area contributed by atoms with Crippen molar-refractivity contribution in [1.82, 2.24) is 25.1 Å². The van der Waals surface area contributed by atoms with Gasteiger partial charge in [-0.1, -0.05) is 29.2 Å². The van der Waals surface area contributed by atoms with Crippen LogP contribution in [0.1, 0.15) is 5.69 Å². The van der Waals surface area contributed by atoms with Gasteiger partial charge in [-0.15, -0.1) is 28.5 Å². The van der Waals surface area contributed by atoms with Crippen LogP contribution in [0.25, 0.3) is 0 Å². The Morgan fingerprint density at radius 2 is 2.43 bits per heavy atom. The van der Waals surface area contributed by atoms with Gasteiger partial charge in [0.15, 0.2) is 4.34 Å². The summed E-state index contributed by atoms with van der Waals surface area (Å²) in [7, 11) is 0. The average Bonchev–Trinajstić information content (AvgIpc) is 3.35. The highest BCUT2D eigenvalue weighted by Gasteiger charge is 2.53. The van der Waals surface area contributed by atoms with Crippen LogP contribution in [0.3, 0.4) is 0 Å². The van der Waals surface area contributed by atoms with Gasteiger partial charge < -0.3 is 15.4 Å². The monoisotopic (exact) mass is 436 g/mol. The number of hydrogen-bond donors (Lipinski definition) is 3. The molecule has 4 rings (SSSR count). The topological polar surface area (TPSA) is 124 Å². The number of nitrogens with zero attached hydrogens (tertiary/aromatic N) is 4. The number of anilines is 1. The molecule has 0 spiro atoms. The summed E-state index contributed by atoms with van der Waals surface area (Å²) in [4.78, 5) is 33.3. The molecule has 1 saturated heterocycles. The molecular formula is C16H16N6O3S3. The van der Waals surface area contributed by atoms with E-state index in [0.717, 1.165) is 10.0 Å². The van der Waals surface area contributed by atoms with Crippen LogP contribution in [0.15, 0.2) is 40.0 Å². The van der Waals surface area contributed by atoms with Crippen LogP contribution in [0.2, 0.25) is 0 Å². The minimum Gasteiger partial charge on any atom is -0.477 e. The SMILES string of the molecule is C=CCc1c[nH]c(NC2C(=O)N3C(C(=O)O)=C(CSc4nncs4)CS[C@H]23)n1. The number of hydrogen-bond acceptors (Lipinski definition) is 9. The van der Waals surface area contributed by atoms with E-state index >= 15 is 0 Å². The molecule has 2 aliphatic rings. The van der Waals surface area contributed by atoms with E-state index in [0.29, 0.717) is 29.4 Å². The summed E-state index contributed by atoms with van der Waals surface area (Å²) in [6, 6.07) is -0.514. The highest BCUT2D eigenvalue weighted by atomic mass is 32.2. The Hall–Kier alpha value is -2.31. The molecule has 28 heavy (non-hydrogen) atoms. The lowest BCUT2D eigenvalue weighted by Crippen LogP contribution is -2.67. The molecule has 4 heterocycles. The molecule has 2 atom stereocenters. The molecule has 146 valence electrons. The van der Waals surface area contributed by atoms with Crippen molar-refractivity contribution < 1.29 is 14.7 Å². The maximum absolute atomic E-state index is 12.7. The number of amides is 1. The van der Waals surface area contributed by atoms with Crippen molar-refractivity contribution in [3.05, 3.63) is 41.3 Å². The number of carbonyl (C=O) groups is 2. The summed E-state index contributed by atoms with van der Waals surface area (Å²) in [5.74, 6) is 0.140. The zero-order valence-electron chi connectivity index (χ0n) is 14.5. The molecule has 3 N–H and O–H groups in total. The predicted molar refractivity (Wildman–Crippen MR) is 108 cm³/mol. The molecule has 12 heteroatoms. The zero-order valence-corrected chi connectivity index (χ0v) is 16.9. The lowest BCUT2D eigenvalue weighted by atomic mass is 10.0. The standard InChI is InChI=1S/C16H16N6O3S3/c1-2-3-9-4-17-15(19-9)20-10-12(23)22-11(14(24)25)8(5-26-13(10)22)6-27-16-21-18-7-28-16/h2,4,7,10,13H,1,3,5-6H2,(H,24,25)(H2,17,19,20)/t10?,13-/m1/s1.